The summed E-state index contributed by atoms with van der Waals surface area (Å²) in [5.41, 5.74) is 0. The van der Waals surface area contributed by atoms with Crippen molar-refractivity contribution in [3.05, 3.63) is 0 Å². The predicted octanol–water partition coefficient (Wildman–Crippen LogP) is 2.59. The number of ether oxygens (including phenoxy) is 2. The number of esters is 1. The Hall–Kier alpha value is -0.393. The van der Waals surface area contributed by atoms with Crippen LogP contribution in [0.3, 0.4) is 0 Å². The maximum absolute atomic E-state index is 10.8. The van der Waals surface area contributed by atoms with Crippen molar-refractivity contribution in [1.29, 1.82) is 0 Å². The van der Waals surface area contributed by atoms with Crippen LogP contribution in [0.4, 0.5) is 0 Å². The maximum atomic E-state index is 10.8. The summed E-state index contributed by atoms with van der Waals surface area (Å²) in [6.45, 7) is 7.94. The third kappa shape index (κ3) is 6.80. The van der Waals surface area contributed by atoms with Crippen LogP contribution in [0, 0.1) is 0 Å². The molecule has 0 spiro atoms. The molecule has 4 nitrogen and oxygen atoms in total. The molecule has 0 rings (SSSR count). The van der Waals surface area contributed by atoms with Crippen LogP contribution < -0.4 is 0 Å². The zero-order valence-electron chi connectivity index (χ0n) is 11.6. The van der Waals surface area contributed by atoms with Gasteiger partial charge in [0.1, 0.15) is 6.61 Å². The minimum atomic E-state index is -1.53. The Morgan fingerprint density at radius 2 is 1.82 bits per heavy atom. The first-order valence-corrected chi connectivity index (χ1v) is 8.95. The highest BCUT2D eigenvalue weighted by molar-refractivity contribution is 6.73. The van der Waals surface area contributed by atoms with E-state index in [1.165, 1.54) is 7.11 Å². The van der Waals surface area contributed by atoms with Gasteiger partial charge in [0.05, 0.1) is 7.11 Å². The monoisotopic (exact) mass is 262 g/mol. The van der Waals surface area contributed by atoms with Gasteiger partial charge in [-0.2, -0.15) is 0 Å². The lowest BCUT2D eigenvalue weighted by Gasteiger charge is -2.28. The zero-order valence-corrected chi connectivity index (χ0v) is 12.6. The van der Waals surface area contributed by atoms with Crippen LogP contribution in [0.1, 0.15) is 27.2 Å². The second-order valence-electron chi connectivity index (χ2n) is 4.06. The summed E-state index contributed by atoms with van der Waals surface area (Å²) >= 11 is 0. The number of rotatable bonds is 10. The van der Waals surface area contributed by atoms with Crippen LogP contribution in [-0.2, 0) is 18.7 Å². The van der Waals surface area contributed by atoms with Crippen LogP contribution >= 0.6 is 0 Å². The van der Waals surface area contributed by atoms with Gasteiger partial charge in [-0.1, -0.05) is 13.8 Å². The molecule has 0 radical (unpaired) electrons. The molecule has 0 amide bonds. The topological polar surface area (TPSA) is 44.8 Å². The molecule has 0 aromatic rings. The van der Waals surface area contributed by atoms with Gasteiger partial charge in [0.25, 0.3) is 0 Å². The summed E-state index contributed by atoms with van der Waals surface area (Å²) in [5.74, 6) is -0.315. The molecule has 17 heavy (non-hydrogen) atoms. The van der Waals surface area contributed by atoms with Gasteiger partial charge in [-0.3, -0.25) is 0 Å². The van der Waals surface area contributed by atoms with E-state index in [1.807, 2.05) is 0 Å². The van der Waals surface area contributed by atoms with E-state index in [4.69, 9.17) is 9.16 Å². The normalized spacial score (nSPS) is 11.5. The lowest BCUT2D eigenvalue weighted by Crippen LogP contribution is -2.36. The Labute approximate surface area is 106 Å². The second kappa shape index (κ2) is 9.62. The van der Waals surface area contributed by atoms with Crippen molar-refractivity contribution in [1.82, 2.24) is 0 Å². The Bertz CT molecular complexity index is 205. The molecule has 0 aliphatic rings. The minimum Gasteiger partial charge on any atom is -0.467 e. The van der Waals surface area contributed by atoms with E-state index in [0.717, 1.165) is 31.2 Å². The molecule has 0 saturated heterocycles. The molecule has 0 bridgehead atoms. The fourth-order valence-corrected chi connectivity index (χ4v) is 5.06. The lowest BCUT2D eigenvalue weighted by atomic mass is 10.5. The average Bonchev–Trinajstić information content (AvgIpc) is 2.36. The predicted molar refractivity (Wildman–Crippen MR) is 70.6 cm³/mol. The second-order valence-corrected chi connectivity index (χ2v) is 8.62. The first kappa shape index (κ1) is 16.6. The van der Waals surface area contributed by atoms with Gasteiger partial charge < -0.3 is 13.9 Å². The van der Waals surface area contributed by atoms with Crippen LogP contribution in [0.25, 0.3) is 0 Å². The van der Waals surface area contributed by atoms with Crippen molar-refractivity contribution in [2.75, 3.05) is 26.9 Å². The zero-order chi connectivity index (χ0) is 13.1. The number of carbonyl (C=O) groups is 1. The van der Waals surface area contributed by atoms with Crippen LogP contribution in [0.5, 0.6) is 0 Å². The van der Waals surface area contributed by atoms with Gasteiger partial charge in [0, 0.05) is 13.2 Å². The van der Waals surface area contributed by atoms with E-state index in [0.29, 0.717) is 6.61 Å². The number of methoxy groups -OCH3 is 1. The smallest absolute Gasteiger partial charge is 0.331 e. The van der Waals surface area contributed by atoms with E-state index in [-0.39, 0.29) is 12.6 Å². The van der Waals surface area contributed by atoms with Crippen LogP contribution in [0.2, 0.25) is 18.1 Å². The highest BCUT2D eigenvalue weighted by Gasteiger charge is 2.29. The lowest BCUT2D eigenvalue weighted by molar-refractivity contribution is -0.145. The minimum absolute atomic E-state index is 0.0535. The van der Waals surface area contributed by atoms with Crippen molar-refractivity contribution in [3.8, 4) is 0 Å². The quantitative estimate of drug-likeness (QED) is 0.345. The molecular weight excluding hydrogens is 236 g/mol. The Morgan fingerprint density at radius 3 is 2.29 bits per heavy atom. The molecule has 0 saturated carbocycles. The van der Waals surface area contributed by atoms with Crippen LogP contribution in [0.15, 0.2) is 0 Å². The molecule has 0 aliphatic carbocycles. The summed E-state index contributed by atoms with van der Waals surface area (Å²) in [7, 11) is -0.157. The van der Waals surface area contributed by atoms with Crippen molar-refractivity contribution < 1.29 is 18.7 Å². The van der Waals surface area contributed by atoms with E-state index in [9.17, 15) is 4.79 Å². The molecule has 0 aromatic heterocycles. The largest absolute Gasteiger partial charge is 0.467 e. The fraction of sp³-hybridized carbons (Fsp3) is 0.917. The first-order valence-electron chi connectivity index (χ1n) is 6.42. The third-order valence-corrected chi connectivity index (χ3v) is 7.85. The van der Waals surface area contributed by atoms with Gasteiger partial charge in [0.15, 0.2) is 8.32 Å². The summed E-state index contributed by atoms with van der Waals surface area (Å²) in [5, 5.41) is 0. The average molecular weight is 262 g/mol. The highest BCUT2D eigenvalue weighted by Crippen LogP contribution is 2.23. The summed E-state index contributed by atoms with van der Waals surface area (Å²) < 4.78 is 15.7. The van der Waals surface area contributed by atoms with E-state index < -0.39 is 8.32 Å². The van der Waals surface area contributed by atoms with Gasteiger partial charge in [-0.05, 0) is 31.5 Å². The molecular formula is C12H26O4Si. The summed E-state index contributed by atoms with van der Waals surface area (Å²) in [6.07, 6.45) is 0.963. The van der Waals surface area contributed by atoms with E-state index >= 15 is 0 Å². The Morgan fingerprint density at radius 1 is 1.18 bits per heavy atom. The molecule has 0 unspecified atom stereocenters. The standard InChI is InChI=1S/C12H26O4Si/c1-5-16-17(6-2,7-3)10-8-9-15-11-12(13)14-4/h5-11H2,1-4H3. The molecule has 0 heterocycles. The molecule has 0 fully saturated rings. The Kier molecular flexibility index (Phi) is 9.40. The molecule has 0 N–H and O–H groups in total. The SMILES string of the molecule is CCO[Si](CC)(CC)CCCOCC(=O)OC. The summed E-state index contributed by atoms with van der Waals surface area (Å²) in [4.78, 5) is 10.8. The van der Waals surface area contributed by atoms with Gasteiger partial charge in [0.2, 0.25) is 0 Å². The number of hydrogen-bond acceptors (Lipinski definition) is 4. The third-order valence-electron chi connectivity index (χ3n) is 3.11. The van der Waals surface area contributed by atoms with Crippen LogP contribution in [-0.4, -0.2) is 41.2 Å². The highest BCUT2D eigenvalue weighted by atomic mass is 28.4. The number of carbonyl (C=O) groups excluding carboxylic acids is 1. The fourth-order valence-electron chi connectivity index (χ4n) is 1.90. The molecule has 0 aliphatic heterocycles. The molecule has 0 atom stereocenters. The first-order chi connectivity index (χ1) is 8.14. The van der Waals surface area contributed by atoms with Crippen molar-refractivity contribution >= 4 is 14.3 Å². The van der Waals surface area contributed by atoms with Gasteiger partial charge in [-0.15, -0.1) is 0 Å². The summed E-state index contributed by atoms with van der Waals surface area (Å²) in [6, 6.07) is 3.40. The van der Waals surface area contributed by atoms with E-state index in [2.05, 4.69) is 25.5 Å². The molecule has 102 valence electrons. The molecule has 0 aromatic carbocycles. The van der Waals surface area contributed by atoms with Crippen molar-refractivity contribution in [2.45, 2.75) is 45.3 Å². The van der Waals surface area contributed by atoms with E-state index in [1.54, 1.807) is 0 Å². The van der Waals surface area contributed by atoms with Gasteiger partial charge in [-0.25, -0.2) is 4.79 Å². The molecule has 5 heteroatoms. The van der Waals surface area contributed by atoms with Crippen molar-refractivity contribution in [2.24, 2.45) is 0 Å². The number of hydrogen-bond donors (Lipinski definition) is 0. The van der Waals surface area contributed by atoms with Crippen molar-refractivity contribution in [3.63, 3.8) is 0 Å². The van der Waals surface area contributed by atoms with Gasteiger partial charge >= 0.3 is 5.97 Å². The maximum Gasteiger partial charge on any atom is 0.331 e. The Balaban J connectivity index is 3.78.